The second-order valence-electron chi connectivity index (χ2n) is 14.6. The molecule has 0 aromatic heterocycles. The maximum absolute atomic E-state index is 12.5. The lowest BCUT2D eigenvalue weighted by molar-refractivity contribution is -0.133. The van der Waals surface area contributed by atoms with Crippen LogP contribution < -0.4 is 0 Å². The average Bonchev–Trinajstić information content (AvgIpc) is 3.43. The molecule has 1 saturated carbocycles. The number of cyclic esters (lactones) is 1. The molecule has 6 rings (SSSR count). The van der Waals surface area contributed by atoms with Gasteiger partial charge in [0.15, 0.2) is 11.5 Å². The molecule has 4 heterocycles. The Bertz CT molecular complexity index is 1310. The minimum absolute atomic E-state index is 0.0254. The zero-order chi connectivity index (χ0) is 31.5. The van der Waals surface area contributed by atoms with E-state index in [0.717, 1.165) is 50.8 Å². The van der Waals surface area contributed by atoms with Crippen LogP contribution in [-0.2, 0) is 31.8 Å². The fraction of sp³-hybridized carbons (Fsp3) is 0.667. The molecule has 6 heteroatoms. The van der Waals surface area contributed by atoms with Gasteiger partial charge in [-0.25, -0.2) is 4.79 Å². The molecule has 6 nitrogen and oxygen atoms in total. The van der Waals surface area contributed by atoms with Gasteiger partial charge in [-0.2, -0.15) is 0 Å². The number of allylic oxidation sites excluding steroid dienone is 1. The van der Waals surface area contributed by atoms with Crippen molar-refractivity contribution in [3.05, 3.63) is 70.1 Å². The second-order valence-corrected chi connectivity index (χ2v) is 14.6. The summed E-state index contributed by atoms with van der Waals surface area (Å²) in [6.07, 6.45) is 18.2. The number of benzene rings is 1. The molecule has 0 amide bonds. The van der Waals surface area contributed by atoms with Crippen LogP contribution in [0.4, 0.5) is 0 Å². The van der Waals surface area contributed by atoms with E-state index < -0.39 is 0 Å². The van der Waals surface area contributed by atoms with Crippen molar-refractivity contribution in [2.75, 3.05) is 13.7 Å². The fourth-order valence-electron chi connectivity index (χ4n) is 9.16. The lowest BCUT2D eigenvalue weighted by atomic mass is 9.73. The summed E-state index contributed by atoms with van der Waals surface area (Å²) in [6, 6.07) is 9.66. The predicted molar refractivity (Wildman–Crippen MR) is 177 cm³/mol. The van der Waals surface area contributed by atoms with Crippen molar-refractivity contribution in [3.8, 4) is 0 Å². The Balaban J connectivity index is 1.29. The number of esters is 1. The Labute approximate surface area is 270 Å². The first-order valence-electron chi connectivity index (χ1n) is 18.0. The minimum atomic E-state index is -0.367. The number of unbranched alkanes of at least 4 members (excludes halogenated alkanes) is 2. The summed E-state index contributed by atoms with van der Waals surface area (Å²) in [5.41, 5.74) is 3.36. The number of carbonyl (C=O) groups is 1. The van der Waals surface area contributed by atoms with E-state index >= 15 is 0 Å². The first kappa shape index (κ1) is 32.4. The van der Waals surface area contributed by atoms with Gasteiger partial charge in [0.1, 0.15) is 5.76 Å². The largest absolute Gasteiger partial charge is 0.492 e. The number of hydrogen-bond acceptors (Lipinski definition) is 6. The molecule has 0 radical (unpaired) electrons. The van der Waals surface area contributed by atoms with Crippen LogP contribution in [0, 0.1) is 23.7 Å². The molecular weight excluding hydrogens is 562 g/mol. The van der Waals surface area contributed by atoms with Crippen LogP contribution >= 0.6 is 0 Å². The number of carbonyl (C=O) groups excluding carboxylic acids is 1. The summed E-state index contributed by atoms with van der Waals surface area (Å²) in [6.45, 7) is 7.16. The number of methoxy groups -OCH3 is 1. The number of hydrogen-bond donors (Lipinski definition) is 1. The molecule has 0 spiro atoms. The average molecular weight is 618 g/mol. The highest BCUT2D eigenvalue weighted by Crippen LogP contribution is 2.50. The molecule has 1 aromatic carbocycles. The lowest BCUT2D eigenvalue weighted by Gasteiger charge is -2.49. The number of piperidine rings is 1. The molecule has 0 unspecified atom stereocenters. The highest BCUT2D eigenvalue weighted by molar-refractivity contribution is 5.93. The summed E-state index contributed by atoms with van der Waals surface area (Å²) in [7, 11) is 1.59. The van der Waals surface area contributed by atoms with Crippen molar-refractivity contribution in [1.82, 2.24) is 4.90 Å². The van der Waals surface area contributed by atoms with Crippen LogP contribution in [0.1, 0.15) is 109 Å². The smallest absolute Gasteiger partial charge is 0.343 e. The Morgan fingerprint density at radius 3 is 2.64 bits per heavy atom. The van der Waals surface area contributed by atoms with Crippen LogP contribution in [0.2, 0.25) is 0 Å². The number of aryl methyl sites for hydroxylation is 1. The van der Waals surface area contributed by atoms with Gasteiger partial charge in [-0.3, -0.25) is 4.90 Å². The maximum atomic E-state index is 12.5. The van der Waals surface area contributed by atoms with E-state index in [9.17, 15) is 9.90 Å². The second kappa shape index (κ2) is 14.5. The number of fused-ring (bicyclic) bond motifs is 3. The van der Waals surface area contributed by atoms with Crippen LogP contribution in [0.15, 0.2) is 59.0 Å². The van der Waals surface area contributed by atoms with Gasteiger partial charge in [0.25, 0.3) is 0 Å². The molecular formula is C39H55NO5. The quantitative estimate of drug-likeness (QED) is 0.212. The summed E-state index contributed by atoms with van der Waals surface area (Å²) in [5.74, 6) is 3.53. The third kappa shape index (κ3) is 6.93. The molecule has 5 aliphatic rings. The number of ether oxygens (including phenoxy) is 3. The summed E-state index contributed by atoms with van der Waals surface area (Å²) in [4.78, 5) is 15.2. The normalized spacial score (nSPS) is 31.5. The van der Waals surface area contributed by atoms with Gasteiger partial charge in [-0.05, 0) is 80.9 Å². The van der Waals surface area contributed by atoms with E-state index in [1.807, 2.05) is 0 Å². The molecule has 2 saturated heterocycles. The lowest BCUT2D eigenvalue weighted by Crippen LogP contribution is -2.57. The van der Waals surface area contributed by atoms with Gasteiger partial charge >= 0.3 is 5.97 Å². The zero-order valence-electron chi connectivity index (χ0n) is 28.1. The van der Waals surface area contributed by atoms with Crippen molar-refractivity contribution in [1.29, 1.82) is 0 Å². The molecule has 1 aliphatic carbocycles. The van der Waals surface area contributed by atoms with E-state index in [2.05, 4.69) is 49.1 Å². The van der Waals surface area contributed by atoms with Gasteiger partial charge in [0.2, 0.25) is 5.76 Å². The maximum Gasteiger partial charge on any atom is 0.343 e. The molecule has 4 aliphatic heterocycles. The SMILES string of the molecule is CCCCCc1cccc(C[C@@H]2C[C@H]3[C@@H]4C(=CCCN3[C@H]([C@@H](O)CC3CCCCC3)C2)O/C(=C2\OC(=O)C(C)=C2OC)[C@H]4C)c1. The highest BCUT2D eigenvalue weighted by Gasteiger charge is 2.51. The summed E-state index contributed by atoms with van der Waals surface area (Å²) >= 11 is 0. The standard InChI is InChI=1S/C39H55NO5/c1-5-6-8-13-27-16-11-17-29(20-27)21-30-22-31(33(41)24-28-14-9-7-10-15-28)40-19-12-18-34-35(32(40)23-30)25(2)37(44-34)38-36(43-4)26(3)39(42)45-38/h11,16-18,20,25,28,30-33,35,41H,5-10,12-15,19,21-24H2,1-4H3/b38-37-/t25-,30-,31-,32-,33-,35+/m0/s1. The Hall–Kier alpha value is -2.57. The van der Waals surface area contributed by atoms with Crippen molar-refractivity contribution in [2.45, 2.75) is 129 Å². The third-order valence-corrected chi connectivity index (χ3v) is 11.5. The first-order chi connectivity index (χ1) is 21.9. The Morgan fingerprint density at radius 2 is 1.87 bits per heavy atom. The van der Waals surface area contributed by atoms with E-state index in [0.29, 0.717) is 34.7 Å². The molecule has 246 valence electrons. The zero-order valence-corrected chi connectivity index (χ0v) is 28.1. The number of rotatable bonds is 10. The third-order valence-electron chi connectivity index (χ3n) is 11.5. The number of nitrogens with zero attached hydrogens (tertiary/aromatic N) is 1. The van der Waals surface area contributed by atoms with Gasteiger partial charge in [-0.1, -0.05) is 83.1 Å². The number of aliphatic hydroxyl groups is 1. The van der Waals surface area contributed by atoms with E-state index in [4.69, 9.17) is 14.2 Å². The topological polar surface area (TPSA) is 68.2 Å². The van der Waals surface area contributed by atoms with Crippen molar-refractivity contribution in [3.63, 3.8) is 0 Å². The van der Waals surface area contributed by atoms with Crippen molar-refractivity contribution in [2.24, 2.45) is 23.7 Å². The van der Waals surface area contributed by atoms with Gasteiger partial charge in [0, 0.05) is 30.5 Å². The Kier molecular flexibility index (Phi) is 10.4. The van der Waals surface area contributed by atoms with Crippen LogP contribution in [-0.4, -0.2) is 47.8 Å². The monoisotopic (exact) mass is 617 g/mol. The molecule has 6 atom stereocenters. The van der Waals surface area contributed by atoms with Gasteiger partial charge < -0.3 is 19.3 Å². The molecule has 45 heavy (non-hydrogen) atoms. The molecule has 0 bridgehead atoms. The first-order valence-corrected chi connectivity index (χ1v) is 18.0. The molecule has 1 N–H and O–H groups in total. The van der Waals surface area contributed by atoms with E-state index in [1.54, 1.807) is 14.0 Å². The van der Waals surface area contributed by atoms with E-state index in [-0.39, 0.29) is 36.0 Å². The molecule has 3 fully saturated rings. The predicted octanol–water partition coefficient (Wildman–Crippen LogP) is 8.00. The fourth-order valence-corrected chi connectivity index (χ4v) is 9.16. The van der Waals surface area contributed by atoms with Gasteiger partial charge in [0.05, 0.1) is 18.8 Å². The van der Waals surface area contributed by atoms with E-state index in [1.165, 1.54) is 62.5 Å². The number of aliphatic hydroxyl groups excluding tert-OH is 1. The van der Waals surface area contributed by atoms with Gasteiger partial charge in [-0.15, -0.1) is 0 Å². The Morgan fingerprint density at radius 1 is 1.07 bits per heavy atom. The van der Waals surface area contributed by atoms with Crippen LogP contribution in [0.3, 0.4) is 0 Å². The highest BCUT2D eigenvalue weighted by atomic mass is 16.6. The van der Waals surface area contributed by atoms with Crippen LogP contribution in [0.25, 0.3) is 0 Å². The van der Waals surface area contributed by atoms with Crippen molar-refractivity contribution < 1.29 is 24.1 Å². The van der Waals surface area contributed by atoms with Crippen molar-refractivity contribution >= 4 is 5.97 Å². The minimum Gasteiger partial charge on any atom is -0.492 e. The van der Waals surface area contributed by atoms with Crippen LogP contribution in [0.5, 0.6) is 0 Å². The summed E-state index contributed by atoms with van der Waals surface area (Å²) < 4.78 is 18.0. The summed E-state index contributed by atoms with van der Waals surface area (Å²) in [5, 5.41) is 12.0. The molecule has 1 aromatic rings.